The van der Waals surface area contributed by atoms with E-state index < -0.39 is 21.3 Å². The van der Waals surface area contributed by atoms with Crippen molar-refractivity contribution in [3.63, 3.8) is 0 Å². The van der Waals surface area contributed by atoms with Crippen LogP contribution < -0.4 is 13.8 Å². The highest BCUT2D eigenvalue weighted by molar-refractivity contribution is 7.93. The largest absolute Gasteiger partial charge is 0.495 e. The molecule has 2 amide bonds. The number of piperidine rings is 1. The molecule has 0 radical (unpaired) electrons. The Hall–Kier alpha value is -4.00. The molecule has 6 rings (SSSR count). The molecule has 0 aliphatic carbocycles. The topological polar surface area (TPSA) is 113 Å². The summed E-state index contributed by atoms with van der Waals surface area (Å²) in [6.45, 7) is 6.78. The normalized spacial score (nSPS) is 21.3. The third-order valence-electron chi connectivity index (χ3n) is 9.52. The lowest BCUT2D eigenvalue weighted by molar-refractivity contribution is -0.137. The Bertz CT molecular complexity index is 1700. The SMILES string of the molecule is CCOc1ncccc1C1(CC(=O)N2CCN(C3CCN(C)CC3)CC2)C(=O)N(S(=O)(=O)c2ccccc2OC)c2ccccc21. The second-order valence-electron chi connectivity index (χ2n) is 12.1. The van der Waals surface area contributed by atoms with E-state index >= 15 is 4.79 Å². The fourth-order valence-electron chi connectivity index (χ4n) is 7.11. The molecule has 46 heavy (non-hydrogen) atoms. The first-order chi connectivity index (χ1) is 22.2. The maximum atomic E-state index is 15.0. The first-order valence-corrected chi connectivity index (χ1v) is 17.3. The maximum absolute atomic E-state index is 15.0. The number of pyridine rings is 1. The molecule has 12 heteroatoms. The fraction of sp³-hybridized carbons (Fsp3) is 0.441. The number of likely N-dealkylation sites (tertiary alicyclic amines) is 1. The van der Waals surface area contributed by atoms with Gasteiger partial charge in [0.1, 0.15) is 16.1 Å². The van der Waals surface area contributed by atoms with Crippen LogP contribution >= 0.6 is 0 Å². The van der Waals surface area contributed by atoms with Gasteiger partial charge < -0.3 is 19.3 Å². The number of benzene rings is 2. The van der Waals surface area contributed by atoms with Crippen LogP contribution in [0, 0.1) is 0 Å². The van der Waals surface area contributed by atoms with E-state index in [0.717, 1.165) is 43.3 Å². The standard InChI is InChI=1S/C34H41N5O6S/c1-4-45-32-27(11-9-17-35-32)34(24-31(40)38-22-20-37(21-23-38)25-15-18-36(2)19-16-25)26-10-5-6-12-28(26)39(33(34)41)46(42,43)30-14-8-7-13-29(30)44-3/h5-14,17,25H,4,15-16,18-24H2,1-3H3. The van der Waals surface area contributed by atoms with Gasteiger partial charge in [0.25, 0.3) is 15.9 Å². The number of carbonyl (C=O) groups is 2. The minimum Gasteiger partial charge on any atom is -0.495 e. The predicted octanol–water partition coefficient (Wildman–Crippen LogP) is 3.14. The number of nitrogens with zero attached hydrogens (tertiary/aromatic N) is 5. The number of sulfonamides is 1. The number of amides is 2. The minimum atomic E-state index is -4.47. The van der Waals surface area contributed by atoms with Gasteiger partial charge in [-0.15, -0.1) is 0 Å². The molecule has 2 fully saturated rings. The van der Waals surface area contributed by atoms with Crippen molar-refractivity contribution in [2.45, 2.75) is 42.5 Å². The summed E-state index contributed by atoms with van der Waals surface area (Å²) < 4.78 is 40.9. The van der Waals surface area contributed by atoms with Crippen molar-refractivity contribution < 1.29 is 27.5 Å². The molecule has 3 aliphatic rings. The van der Waals surface area contributed by atoms with E-state index in [1.54, 1.807) is 59.6 Å². The van der Waals surface area contributed by atoms with E-state index in [2.05, 4.69) is 21.8 Å². The molecule has 11 nitrogen and oxygen atoms in total. The summed E-state index contributed by atoms with van der Waals surface area (Å²) >= 11 is 0. The smallest absolute Gasteiger partial charge is 0.274 e. The number of fused-ring (bicyclic) bond motifs is 1. The number of anilines is 1. The predicted molar refractivity (Wildman–Crippen MR) is 174 cm³/mol. The number of piperazine rings is 1. The highest BCUT2D eigenvalue weighted by Crippen LogP contribution is 2.52. The zero-order chi connectivity index (χ0) is 32.5. The molecule has 1 aromatic heterocycles. The van der Waals surface area contributed by atoms with E-state index in [-0.39, 0.29) is 41.1 Å². The molecule has 2 saturated heterocycles. The van der Waals surface area contributed by atoms with Crippen molar-refractivity contribution in [2.75, 3.05) is 64.3 Å². The summed E-state index contributed by atoms with van der Waals surface area (Å²) in [5, 5.41) is 0. The lowest BCUT2D eigenvalue weighted by atomic mass is 9.72. The summed E-state index contributed by atoms with van der Waals surface area (Å²) in [4.78, 5) is 40.2. The van der Waals surface area contributed by atoms with Crippen LogP contribution in [0.15, 0.2) is 71.8 Å². The molecule has 3 aromatic rings. The Labute approximate surface area is 270 Å². The average Bonchev–Trinajstić information content (AvgIpc) is 3.33. The van der Waals surface area contributed by atoms with Crippen LogP contribution in [-0.4, -0.2) is 106 Å². The summed E-state index contributed by atoms with van der Waals surface area (Å²) in [6.07, 6.45) is 3.49. The molecular formula is C34H41N5O6S. The molecule has 244 valence electrons. The van der Waals surface area contributed by atoms with Gasteiger partial charge in [0.2, 0.25) is 11.8 Å². The van der Waals surface area contributed by atoms with Crippen LogP contribution in [0.4, 0.5) is 5.69 Å². The van der Waals surface area contributed by atoms with E-state index in [1.807, 2.05) is 6.92 Å². The van der Waals surface area contributed by atoms with Crippen molar-refractivity contribution in [3.8, 4) is 11.6 Å². The second kappa shape index (κ2) is 13.0. The van der Waals surface area contributed by atoms with Crippen molar-refractivity contribution in [1.29, 1.82) is 0 Å². The van der Waals surface area contributed by atoms with Crippen molar-refractivity contribution >= 4 is 27.5 Å². The number of para-hydroxylation sites is 2. The van der Waals surface area contributed by atoms with Crippen molar-refractivity contribution in [2.24, 2.45) is 0 Å². The summed E-state index contributed by atoms with van der Waals surface area (Å²) in [7, 11) is -0.942. The number of carbonyl (C=O) groups excluding carboxylic acids is 2. The second-order valence-corrected chi connectivity index (χ2v) is 13.8. The van der Waals surface area contributed by atoms with Crippen LogP contribution in [0.5, 0.6) is 11.6 Å². The van der Waals surface area contributed by atoms with Crippen LogP contribution in [0.1, 0.15) is 37.3 Å². The van der Waals surface area contributed by atoms with Gasteiger partial charge in [0.15, 0.2) is 0 Å². The highest BCUT2D eigenvalue weighted by atomic mass is 32.2. The molecule has 1 atom stereocenters. The first kappa shape index (κ1) is 32.0. The summed E-state index contributed by atoms with van der Waals surface area (Å²) in [6, 6.07) is 16.8. The highest BCUT2D eigenvalue weighted by Gasteiger charge is 2.58. The van der Waals surface area contributed by atoms with Crippen molar-refractivity contribution in [1.82, 2.24) is 19.7 Å². The van der Waals surface area contributed by atoms with Gasteiger partial charge in [-0.1, -0.05) is 36.4 Å². The molecule has 3 aliphatic heterocycles. The van der Waals surface area contributed by atoms with Crippen molar-refractivity contribution in [3.05, 3.63) is 78.0 Å². The fourth-order valence-corrected chi connectivity index (χ4v) is 8.75. The van der Waals surface area contributed by atoms with Gasteiger partial charge >= 0.3 is 0 Å². The Morgan fingerprint density at radius 2 is 1.61 bits per heavy atom. The van der Waals surface area contributed by atoms with Gasteiger partial charge in [0, 0.05) is 50.4 Å². The van der Waals surface area contributed by atoms with Crippen LogP contribution in [0.2, 0.25) is 0 Å². The monoisotopic (exact) mass is 647 g/mol. The third kappa shape index (κ3) is 5.52. The minimum absolute atomic E-state index is 0.111. The zero-order valence-corrected chi connectivity index (χ0v) is 27.4. The third-order valence-corrected chi connectivity index (χ3v) is 11.3. The van der Waals surface area contributed by atoms with E-state index in [9.17, 15) is 13.2 Å². The maximum Gasteiger partial charge on any atom is 0.274 e. The molecule has 2 aromatic carbocycles. The molecule has 1 unspecified atom stereocenters. The molecule has 0 spiro atoms. The zero-order valence-electron chi connectivity index (χ0n) is 26.6. The van der Waals surface area contributed by atoms with E-state index in [1.165, 1.54) is 19.2 Å². The number of ether oxygens (including phenoxy) is 2. The first-order valence-electron chi connectivity index (χ1n) is 15.8. The average molecular weight is 648 g/mol. The van der Waals surface area contributed by atoms with Gasteiger partial charge in [-0.2, -0.15) is 0 Å². The molecule has 0 saturated carbocycles. The number of aromatic nitrogens is 1. The number of hydrogen-bond donors (Lipinski definition) is 0. The van der Waals surface area contributed by atoms with Crippen LogP contribution in [0.3, 0.4) is 0 Å². The van der Waals surface area contributed by atoms with E-state index in [4.69, 9.17) is 9.47 Å². The van der Waals surface area contributed by atoms with Gasteiger partial charge in [-0.25, -0.2) is 17.7 Å². The van der Waals surface area contributed by atoms with Gasteiger partial charge in [0.05, 0.1) is 19.4 Å². The quantitative estimate of drug-likeness (QED) is 0.346. The Morgan fingerprint density at radius 1 is 0.935 bits per heavy atom. The number of hydrogen-bond acceptors (Lipinski definition) is 9. The Balaban J connectivity index is 1.40. The molecule has 0 N–H and O–H groups in total. The lowest BCUT2D eigenvalue weighted by Gasteiger charge is -2.42. The van der Waals surface area contributed by atoms with E-state index in [0.29, 0.717) is 30.3 Å². The molecular weight excluding hydrogens is 606 g/mol. The summed E-state index contributed by atoms with van der Waals surface area (Å²) in [5.74, 6) is -0.689. The Morgan fingerprint density at radius 3 is 2.33 bits per heavy atom. The number of methoxy groups -OCH3 is 1. The summed E-state index contributed by atoms with van der Waals surface area (Å²) in [5.41, 5.74) is -0.757. The molecule has 4 heterocycles. The van der Waals surface area contributed by atoms with Crippen LogP contribution in [0.25, 0.3) is 0 Å². The van der Waals surface area contributed by atoms with Gasteiger partial charge in [-0.3, -0.25) is 14.5 Å². The van der Waals surface area contributed by atoms with Crippen LogP contribution in [-0.2, 0) is 25.0 Å². The van der Waals surface area contributed by atoms with Gasteiger partial charge in [-0.05, 0) is 69.7 Å². The number of rotatable bonds is 9. The lowest BCUT2D eigenvalue weighted by Crippen LogP contribution is -2.55. The Kier molecular flexibility index (Phi) is 9.04. The molecule has 0 bridgehead atoms.